The first-order valence-corrected chi connectivity index (χ1v) is 9.01. The number of carbonyl (C=O) groups excluding carboxylic acids is 1. The Bertz CT molecular complexity index is 1040. The monoisotopic (exact) mass is 380 g/mol. The minimum atomic E-state index is -3.97. The van der Waals surface area contributed by atoms with Gasteiger partial charge in [0.1, 0.15) is 12.1 Å². The van der Waals surface area contributed by atoms with Gasteiger partial charge < -0.3 is 5.11 Å². The molecule has 0 aliphatic heterocycles. The van der Waals surface area contributed by atoms with Crippen LogP contribution in [0.1, 0.15) is 15.6 Å². The van der Waals surface area contributed by atoms with Crippen LogP contribution in [0, 0.1) is 5.82 Å². The molecule has 0 amide bonds. The summed E-state index contributed by atoms with van der Waals surface area (Å²) in [5, 5.41) is 16.4. The third-order valence-corrected chi connectivity index (χ3v) is 5.68. The maximum Gasteiger partial charge on any atom is 0.224 e. The van der Waals surface area contributed by atoms with E-state index in [0.717, 1.165) is 48.0 Å². The molecule has 0 fully saturated rings. The summed E-state index contributed by atoms with van der Waals surface area (Å²) in [6, 6.07) is 4.26. The van der Waals surface area contributed by atoms with Gasteiger partial charge in [0.15, 0.2) is 21.6 Å². The van der Waals surface area contributed by atoms with Crippen molar-refractivity contribution in [3.8, 4) is 0 Å². The summed E-state index contributed by atoms with van der Waals surface area (Å²) in [5.41, 5.74) is 0. The molecule has 0 aliphatic carbocycles. The summed E-state index contributed by atoms with van der Waals surface area (Å²) < 4.78 is 37.8. The molecule has 0 radical (unpaired) electrons. The molecule has 3 aromatic rings. The number of carbonyl (C=O) groups is 1. The minimum Gasteiger partial charge on any atom is -0.504 e. The Morgan fingerprint density at radius 2 is 2.00 bits per heavy atom. The highest BCUT2D eigenvalue weighted by molar-refractivity contribution is 7.91. The molecule has 0 saturated heterocycles. The number of H-pyrrole nitrogens is 1. The van der Waals surface area contributed by atoms with Gasteiger partial charge in [0, 0.05) is 11.5 Å². The molecule has 8 nitrogen and oxygen atoms in total. The molecule has 0 spiro atoms. The Kier molecular flexibility index (Phi) is 4.42. The van der Waals surface area contributed by atoms with E-state index in [-0.39, 0.29) is 20.8 Å². The second kappa shape index (κ2) is 6.53. The summed E-state index contributed by atoms with van der Waals surface area (Å²) in [4.78, 5) is 19.4. The zero-order chi connectivity index (χ0) is 18.0. The average Bonchev–Trinajstić information content (AvgIpc) is 3.27. The van der Waals surface area contributed by atoms with Crippen LogP contribution in [0.25, 0.3) is 5.76 Å². The van der Waals surface area contributed by atoms with E-state index in [1.165, 1.54) is 5.38 Å². The van der Waals surface area contributed by atoms with Gasteiger partial charge in [0.25, 0.3) is 0 Å². The number of ketones is 1. The lowest BCUT2D eigenvalue weighted by Gasteiger charge is -2.00. The number of aromatic nitrogens is 4. The number of rotatable bonds is 5. The summed E-state index contributed by atoms with van der Waals surface area (Å²) in [6.07, 6.45) is 2.01. The van der Waals surface area contributed by atoms with Gasteiger partial charge >= 0.3 is 0 Å². The van der Waals surface area contributed by atoms with Crippen LogP contribution in [0.2, 0.25) is 0 Å². The molecule has 0 saturated carbocycles. The van der Waals surface area contributed by atoms with E-state index < -0.39 is 27.2 Å². The number of aromatic amines is 1. The third kappa shape index (κ3) is 3.46. The van der Waals surface area contributed by atoms with E-state index in [9.17, 15) is 22.7 Å². The number of aliphatic hydroxyl groups excluding tert-OH is 1. The highest BCUT2D eigenvalue weighted by Crippen LogP contribution is 2.23. The van der Waals surface area contributed by atoms with Gasteiger partial charge in [-0.25, -0.2) is 22.8 Å². The Morgan fingerprint density at radius 3 is 2.64 bits per heavy atom. The van der Waals surface area contributed by atoms with Gasteiger partial charge in [0.05, 0.1) is 4.90 Å². The van der Waals surface area contributed by atoms with Crippen LogP contribution in [0.5, 0.6) is 0 Å². The topological polar surface area (TPSA) is 126 Å². The Morgan fingerprint density at radius 1 is 1.28 bits per heavy atom. The maximum atomic E-state index is 12.9. The highest BCUT2D eigenvalue weighted by Gasteiger charge is 2.23. The molecule has 128 valence electrons. The standard InChI is InChI=1S/C14H9FN4O4S2/c15-8-1-3-9(4-2-8)25(22,23)12-6-24-14(18-12)11(21)5-10(20)13-16-7-17-19-13/h1-7,20H,(H,16,17,19). The second-order valence-electron chi connectivity index (χ2n) is 4.68. The van der Waals surface area contributed by atoms with Gasteiger partial charge in [0.2, 0.25) is 15.6 Å². The van der Waals surface area contributed by atoms with Crippen LogP contribution in [0.4, 0.5) is 4.39 Å². The molecule has 0 unspecified atom stereocenters. The molecule has 1 aromatic carbocycles. The van der Waals surface area contributed by atoms with E-state index in [1.807, 2.05) is 0 Å². The van der Waals surface area contributed by atoms with Crippen LogP contribution in [0.15, 0.2) is 52.0 Å². The zero-order valence-electron chi connectivity index (χ0n) is 12.2. The number of nitrogens with zero attached hydrogens (tertiary/aromatic N) is 3. The number of allylic oxidation sites excluding steroid dienone is 1. The Hall–Kier alpha value is -2.92. The van der Waals surface area contributed by atoms with Crippen molar-refractivity contribution >= 4 is 32.7 Å². The fraction of sp³-hybridized carbons (Fsp3) is 0. The molecular weight excluding hydrogens is 371 g/mol. The fourth-order valence-corrected chi connectivity index (χ4v) is 4.06. The molecular formula is C14H9FN4O4S2. The van der Waals surface area contributed by atoms with Gasteiger partial charge in [-0.1, -0.05) is 0 Å². The molecule has 2 N–H and O–H groups in total. The smallest absolute Gasteiger partial charge is 0.224 e. The van der Waals surface area contributed by atoms with Gasteiger partial charge in [-0.2, -0.15) is 5.10 Å². The van der Waals surface area contributed by atoms with Crippen molar-refractivity contribution in [2.75, 3.05) is 0 Å². The summed E-state index contributed by atoms with van der Waals surface area (Å²) >= 11 is 0.806. The van der Waals surface area contributed by atoms with Crippen LogP contribution in [0.3, 0.4) is 0 Å². The Balaban J connectivity index is 1.88. The van der Waals surface area contributed by atoms with E-state index in [1.54, 1.807) is 0 Å². The predicted octanol–water partition coefficient (Wildman–Crippen LogP) is 2.01. The lowest BCUT2D eigenvalue weighted by molar-refractivity contribution is 0.104. The number of hydrogen-bond donors (Lipinski definition) is 2. The van der Waals surface area contributed by atoms with Crippen molar-refractivity contribution in [1.29, 1.82) is 0 Å². The lowest BCUT2D eigenvalue weighted by atomic mass is 10.3. The van der Waals surface area contributed by atoms with Gasteiger partial charge in [-0.3, -0.25) is 9.89 Å². The normalized spacial score (nSPS) is 12.3. The predicted molar refractivity (Wildman–Crippen MR) is 85.3 cm³/mol. The van der Waals surface area contributed by atoms with Crippen molar-refractivity contribution in [2.45, 2.75) is 9.92 Å². The molecule has 11 heteroatoms. The highest BCUT2D eigenvalue weighted by atomic mass is 32.2. The van der Waals surface area contributed by atoms with E-state index in [4.69, 9.17) is 0 Å². The van der Waals surface area contributed by atoms with Crippen molar-refractivity contribution in [2.24, 2.45) is 0 Å². The fourth-order valence-electron chi connectivity index (χ4n) is 1.81. The van der Waals surface area contributed by atoms with Gasteiger partial charge in [-0.15, -0.1) is 11.3 Å². The Labute approximate surface area is 144 Å². The first kappa shape index (κ1) is 16.9. The first-order valence-electron chi connectivity index (χ1n) is 6.65. The number of thiazole rings is 1. The van der Waals surface area contributed by atoms with Crippen molar-refractivity contribution in [3.05, 3.63) is 58.7 Å². The van der Waals surface area contributed by atoms with Crippen molar-refractivity contribution in [1.82, 2.24) is 20.2 Å². The number of hydrogen-bond acceptors (Lipinski definition) is 8. The molecule has 3 rings (SSSR count). The maximum absolute atomic E-state index is 12.9. The molecule has 25 heavy (non-hydrogen) atoms. The van der Waals surface area contributed by atoms with Crippen LogP contribution in [-0.4, -0.2) is 39.5 Å². The SMILES string of the molecule is O=C(C=C(O)c1ncn[nH]1)c1nc(S(=O)(=O)c2ccc(F)cc2)cs1. The third-order valence-electron chi connectivity index (χ3n) is 3.02. The summed E-state index contributed by atoms with van der Waals surface area (Å²) in [6.45, 7) is 0. The van der Waals surface area contributed by atoms with E-state index in [0.29, 0.717) is 0 Å². The quantitative estimate of drug-likeness (QED) is 0.300. The average molecular weight is 380 g/mol. The number of benzene rings is 1. The first-order chi connectivity index (χ1) is 11.9. The molecule has 2 aromatic heterocycles. The molecule has 0 aliphatic rings. The molecule has 2 heterocycles. The van der Waals surface area contributed by atoms with Crippen LogP contribution < -0.4 is 0 Å². The van der Waals surface area contributed by atoms with Crippen LogP contribution >= 0.6 is 11.3 Å². The number of aliphatic hydroxyl groups is 1. The zero-order valence-corrected chi connectivity index (χ0v) is 13.9. The minimum absolute atomic E-state index is 0.0101. The number of nitrogens with one attached hydrogen (secondary N) is 1. The number of halogens is 1. The lowest BCUT2D eigenvalue weighted by Crippen LogP contribution is -2.04. The number of sulfone groups is 1. The van der Waals surface area contributed by atoms with Crippen LogP contribution in [-0.2, 0) is 9.84 Å². The molecule has 0 atom stereocenters. The second-order valence-corrected chi connectivity index (χ2v) is 7.43. The largest absolute Gasteiger partial charge is 0.504 e. The van der Waals surface area contributed by atoms with E-state index >= 15 is 0 Å². The summed E-state index contributed by atoms with van der Waals surface area (Å²) in [5.74, 6) is -1.73. The summed E-state index contributed by atoms with van der Waals surface area (Å²) in [7, 11) is -3.97. The van der Waals surface area contributed by atoms with Crippen molar-refractivity contribution < 1.29 is 22.7 Å². The van der Waals surface area contributed by atoms with Crippen molar-refractivity contribution in [3.63, 3.8) is 0 Å². The van der Waals surface area contributed by atoms with Gasteiger partial charge in [-0.05, 0) is 24.3 Å². The molecule has 0 bridgehead atoms. The van der Waals surface area contributed by atoms with E-state index in [2.05, 4.69) is 20.2 Å².